The van der Waals surface area contributed by atoms with E-state index in [0.717, 1.165) is 58.5 Å². The quantitative estimate of drug-likeness (QED) is 0.305. The molecule has 4 rings (SSSR count). The fourth-order valence-corrected chi connectivity index (χ4v) is 5.31. The second-order valence-electron chi connectivity index (χ2n) is 8.18. The Kier molecular flexibility index (Phi) is 9.80. The molecule has 1 aromatic carbocycles. The lowest BCUT2D eigenvalue weighted by Gasteiger charge is -2.35. The van der Waals surface area contributed by atoms with Gasteiger partial charge in [0.1, 0.15) is 6.54 Å². The van der Waals surface area contributed by atoms with Crippen molar-refractivity contribution in [3.8, 4) is 0 Å². The van der Waals surface area contributed by atoms with Gasteiger partial charge in [0.25, 0.3) is 0 Å². The number of guanidine groups is 1. The topological polar surface area (TPSA) is 60.0 Å². The summed E-state index contributed by atoms with van der Waals surface area (Å²) in [6.45, 7) is 7.53. The third-order valence-corrected chi connectivity index (χ3v) is 7.12. The molecule has 1 unspecified atom stereocenters. The van der Waals surface area contributed by atoms with Crippen molar-refractivity contribution in [3.05, 3.63) is 57.8 Å². The van der Waals surface area contributed by atoms with E-state index in [1.54, 1.807) is 0 Å². The van der Waals surface area contributed by atoms with Gasteiger partial charge in [0.15, 0.2) is 5.96 Å². The average Bonchev–Trinajstić information content (AvgIpc) is 3.50. The minimum absolute atomic E-state index is 0. The minimum Gasteiger partial charge on any atom is -0.357 e. The fourth-order valence-electron chi connectivity index (χ4n) is 4.42. The van der Waals surface area contributed by atoms with Gasteiger partial charge in [-0.15, -0.1) is 35.3 Å². The van der Waals surface area contributed by atoms with Crippen molar-refractivity contribution in [2.75, 3.05) is 39.3 Å². The molecular weight excluding hydrogens is 533 g/mol. The van der Waals surface area contributed by atoms with Gasteiger partial charge in [0, 0.05) is 44.1 Å². The van der Waals surface area contributed by atoms with E-state index >= 15 is 0 Å². The molecule has 2 aliphatic rings. The molecule has 0 aliphatic carbocycles. The molecule has 8 heteroatoms. The van der Waals surface area contributed by atoms with E-state index in [0.29, 0.717) is 5.96 Å². The molecule has 0 bridgehead atoms. The molecule has 174 valence electrons. The molecule has 0 spiro atoms. The number of amides is 1. The number of fused-ring (bicyclic) bond motifs is 1. The Morgan fingerprint density at radius 2 is 1.91 bits per heavy atom. The smallest absolute Gasteiger partial charge is 0.244 e. The van der Waals surface area contributed by atoms with Crippen LogP contribution in [0.25, 0.3) is 0 Å². The molecule has 6 nitrogen and oxygen atoms in total. The second kappa shape index (κ2) is 12.6. The van der Waals surface area contributed by atoms with E-state index in [-0.39, 0.29) is 42.5 Å². The van der Waals surface area contributed by atoms with E-state index in [4.69, 9.17) is 0 Å². The number of halogens is 1. The molecule has 0 radical (unpaired) electrons. The summed E-state index contributed by atoms with van der Waals surface area (Å²) in [5.74, 6) is 0.833. The van der Waals surface area contributed by atoms with Crippen molar-refractivity contribution in [2.45, 2.75) is 38.8 Å². The molecule has 2 aliphatic heterocycles. The summed E-state index contributed by atoms with van der Waals surface area (Å²) < 4.78 is 0. The van der Waals surface area contributed by atoms with Crippen LogP contribution < -0.4 is 10.6 Å². The van der Waals surface area contributed by atoms with Crippen molar-refractivity contribution in [1.29, 1.82) is 0 Å². The Morgan fingerprint density at radius 3 is 2.66 bits per heavy atom. The van der Waals surface area contributed by atoms with Gasteiger partial charge in [-0.3, -0.25) is 9.69 Å². The molecule has 0 saturated carbocycles. The summed E-state index contributed by atoms with van der Waals surface area (Å²) in [6.07, 6.45) is 3.32. The van der Waals surface area contributed by atoms with Crippen molar-refractivity contribution in [1.82, 2.24) is 20.4 Å². The van der Waals surface area contributed by atoms with Crippen LogP contribution in [-0.4, -0.2) is 60.9 Å². The molecule has 1 atom stereocenters. The third-order valence-electron chi connectivity index (χ3n) is 6.10. The summed E-state index contributed by atoms with van der Waals surface area (Å²) in [7, 11) is 0. The number of carbonyl (C=O) groups is 1. The Balaban J connectivity index is 0.00000289. The maximum atomic E-state index is 12.4. The standard InChI is InChI=1S/C24H33N5OS.HI/c1-2-25-24(27-17-23(30)28-12-6-7-13-28)26-16-21(19-8-4-3-5-9-19)29-14-10-22-20(18-29)11-15-31-22;/h3-5,8-9,11,15,21H,2,6-7,10,12-14,16-18H2,1H3,(H2,25,26,27);1H. The van der Waals surface area contributed by atoms with Gasteiger partial charge in [-0.1, -0.05) is 30.3 Å². The molecule has 1 amide bonds. The lowest BCUT2D eigenvalue weighted by Crippen LogP contribution is -2.44. The van der Waals surface area contributed by atoms with Crippen molar-refractivity contribution in [3.63, 3.8) is 0 Å². The number of nitrogens with one attached hydrogen (secondary N) is 2. The summed E-state index contributed by atoms with van der Waals surface area (Å²) >= 11 is 1.87. The monoisotopic (exact) mass is 567 g/mol. The van der Waals surface area contributed by atoms with Crippen LogP contribution in [0, 0.1) is 0 Å². The van der Waals surface area contributed by atoms with Gasteiger partial charge in [0.05, 0.1) is 6.04 Å². The first kappa shape index (κ1) is 25.0. The lowest BCUT2D eigenvalue weighted by molar-refractivity contribution is -0.128. The van der Waals surface area contributed by atoms with Gasteiger partial charge < -0.3 is 15.5 Å². The van der Waals surface area contributed by atoms with Gasteiger partial charge in [-0.2, -0.15) is 0 Å². The predicted molar refractivity (Wildman–Crippen MR) is 143 cm³/mol. The predicted octanol–water partition coefficient (Wildman–Crippen LogP) is 3.64. The van der Waals surface area contributed by atoms with Crippen LogP contribution in [0.2, 0.25) is 0 Å². The van der Waals surface area contributed by atoms with E-state index in [1.165, 1.54) is 16.0 Å². The van der Waals surface area contributed by atoms with Crippen LogP contribution in [0.4, 0.5) is 0 Å². The first-order valence-corrected chi connectivity index (χ1v) is 12.3. The normalized spacial score (nSPS) is 17.4. The Bertz CT molecular complexity index is 882. The van der Waals surface area contributed by atoms with E-state index in [2.05, 4.69) is 69.2 Å². The highest BCUT2D eigenvalue weighted by molar-refractivity contribution is 14.0. The molecule has 1 fully saturated rings. The zero-order chi connectivity index (χ0) is 21.5. The minimum atomic E-state index is 0. The van der Waals surface area contributed by atoms with Crippen LogP contribution in [0.3, 0.4) is 0 Å². The fraction of sp³-hybridized carbons (Fsp3) is 0.500. The van der Waals surface area contributed by atoms with Crippen LogP contribution in [0.5, 0.6) is 0 Å². The Labute approximate surface area is 212 Å². The average molecular weight is 568 g/mol. The molecule has 32 heavy (non-hydrogen) atoms. The van der Waals surface area contributed by atoms with E-state index in [1.807, 2.05) is 16.2 Å². The number of carbonyl (C=O) groups excluding carboxylic acids is 1. The summed E-state index contributed by atoms with van der Waals surface area (Å²) in [5.41, 5.74) is 2.76. The van der Waals surface area contributed by atoms with Gasteiger partial charge in [-0.05, 0) is 48.8 Å². The molecule has 2 N–H and O–H groups in total. The maximum Gasteiger partial charge on any atom is 0.244 e. The van der Waals surface area contributed by atoms with Crippen LogP contribution >= 0.6 is 35.3 Å². The van der Waals surface area contributed by atoms with Crippen molar-refractivity contribution < 1.29 is 4.79 Å². The number of hydrogen-bond acceptors (Lipinski definition) is 4. The van der Waals surface area contributed by atoms with Gasteiger partial charge in [0.2, 0.25) is 5.91 Å². The Morgan fingerprint density at radius 1 is 1.12 bits per heavy atom. The zero-order valence-corrected chi connectivity index (χ0v) is 21.9. The van der Waals surface area contributed by atoms with Gasteiger partial charge >= 0.3 is 0 Å². The summed E-state index contributed by atoms with van der Waals surface area (Å²) in [5, 5.41) is 9.02. The first-order chi connectivity index (χ1) is 15.2. The van der Waals surface area contributed by atoms with Crippen LogP contribution in [0.15, 0.2) is 46.8 Å². The highest BCUT2D eigenvalue weighted by Crippen LogP contribution is 2.30. The maximum absolute atomic E-state index is 12.4. The van der Waals surface area contributed by atoms with Crippen molar-refractivity contribution >= 4 is 47.2 Å². The zero-order valence-electron chi connectivity index (χ0n) is 18.8. The largest absolute Gasteiger partial charge is 0.357 e. The number of rotatable bonds is 7. The number of aliphatic imine (C=N–C) groups is 1. The number of hydrogen-bond donors (Lipinski definition) is 2. The molecule has 2 aromatic rings. The molecule has 3 heterocycles. The first-order valence-electron chi connectivity index (χ1n) is 11.4. The number of benzene rings is 1. The van der Waals surface area contributed by atoms with E-state index in [9.17, 15) is 4.79 Å². The highest BCUT2D eigenvalue weighted by atomic mass is 127. The molecule has 1 saturated heterocycles. The molecular formula is C24H34IN5OS. The summed E-state index contributed by atoms with van der Waals surface area (Å²) in [6, 6.07) is 13.2. The van der Waals surface area contributed by atoms with E-state index < -0.39 is 0 Å². The number of likely N-dealkylation sites (tertiary alicyclic amines) is 1. The van der Waals surface area contributed by atoms with Crippen molar-refractivity contribution in [2.24, 2.45) is 4.99 Å². The molecule has 1 aromatic heterocycles. The highest BCUT2D eigenvalue weighted by Gasteiger charge is 2.25. The number of thiophene rings is 1. The second-order valence-corrected chi connectivity index (χ2v) is 9.18. The summed E-state index contributed by atoms with van der Waals surface area (Å²) in [4.78, 5) is 23.0. The number of nitrogens with zero attached hydrogens (tertiary/aromatic N) is 3. The lowest BCUT2D eigenvalue weighted by atomic mass is 10.0. The van der Waals surface area contributed by atoms with Crippen LogP contribution in [-0.2, 0) is 17.8 Å². The third kappa shape index (κ3) is 6.45. The SMILES string of the molecule is CCNC(=NCC(=O)N1CCCC1)NCC(c1ccccc1)N1CCc2sccc2C1.I. The van der Waals surface area contributed by atoms with Crippen LogP contribution in [0.1, 0.15) is 41.8 Å². The van der Waals surface area contributed by atoms with Gasteiger partial charge in [-0.25, -0.2) is 4.99 Å². The Hall–Kier alpha value is -1.65.